The number of hydrogen-bond donors (Lipinski definition) is 3. The molecule has 1 atom stereocenters. The molecule has 0 radical (unpaired) electrons. The molecule has 4 N–H and O–H groups in total. The maximum atomic E-state index is 12.3. The second-order valence-electron chi connectivity index (χ2n) is 4.05. The number of primary amides is 1. The Morgan fingerprint density at radius 2 is 1.90 bits per heavy atom. The first-order valence-corrected chi connectivity index (χ1v) is 5.70. The zero-order chi connectivity index (χ0) is 15.9. The van der Waals surface area contributed by atoms with E-state index in [1.807, 2.05) is 5.32 Å². The summed E-state index contributed by atoms with van der Waals surface area (Å²) < 4.78 is 36.9. The quantitative estimate of drug-likeness (QED) is 0.627. The number of aliphatic carboxylic acids is 1. The lowest BCUT2D eigenvalue weighted by Gasteiger charge is -2.25. The molecule has 3 amide bonds. The van der Waals surface area contributed by atoms with Crippen molar-refractivity contribution >= 4 is 17.9 Å². The smallest absolute Gasteiger partial charge is 0.406 e. The first kappa shape index (κ1) is 18.0. The number of amides is 3. The second-order valence-corrected chi connectivity index (χ2v) is 4.05. The number of urea groups is 1. The summed E-state index contributed by atoms with van der Waals surface area (Å²) in [6, 6.07) is -2.87. The van der Waals surface area contributed by atoms with Gasteiger partial charge in [-0.25, -0.2) is 9.59 Å². The number of carbonyl (C=O) groups excluding carboxylic acids is 2. The molecule has 116 valence electrons. The van der Waals surface area contributed by atoms with Crippen LogP contribution >= 0.6 is 0 Å². The highest BCUT2D eigenvalue weighted by molar-refractivity contribution is 5.87. The Hall–Kier alpha value is -2.00. The first-order valence-electron chi connectivity index (χ1n) is 5.70. The fraction of sp³-hybridized carbons (Fsp3) is 0.700. The molecule has 0 aliphatic heterocycles. The molecule has 20 heavy (non-hydrogen) atoms. The molecule has 0 heterocycles. The first-order chi connectivity index (χ1) is 9.06. The third-order valence-electron chi connectivity index (χ3n) is 2.15. The van der Waals surface area contributed by atoms with Gasteiger partial charge in [0.25, 0.3) is 0 Å². The van der Waals surface area contributed by atoms with Gasteiger partial charge in [0.2, 0.25) is 5.91 Å². The van der Waals surface area contributed by atoms with Gasteiger partial charge in [-0.3, -0.25) is 4.79 Å². The van der Waals surface area contributed by atoms with Crippen molar-refractivity contribution in [2.75, 3.05) is 13.1 Å². The predicted molar refractivity (Wildman–Crippen MR) is 61.7 cm³/mol. The largest absolute Gasteiger partial charge is 0.480 e. The predicted octanol–water partition coefficient (Wildman–Crippen LogP) is 0.299. The molecule has 0 aliphatic rings. The van der Waals surface area contributed by atoms with Gasteiger partial charge in [-0.05, 0) is 6.42 Å². The topological polar surface area (TPSA) is 113 Å². The van der Waals surface area contributed by atoms with Crippen LogP contribution in [0.25, 0.3) is 0 Å². The van der Waals surface area contributed by atoms with E-state index in [9.17, 15) is 27.6 Å². The van der Waals surface area contributed by atoms with E-state index in [0.29, 0.717) is 4.90 Å². The second kappa shape index (κ2) is 7.56. The number of nitrogens with two attached hydrogens (primary N) is 1. The summed E-state index contributed by atoms with van der Waals surface area (Å²) in [5.41, 5.74) is 4.80. The summed E-state index contributed by atoms with van der Waals surface area (Å²) in [5.74, 6) is -2.55. The fourth-order valence-electron chi connectivity index (χ4n) is 1.38. The highest BCUT2D eigenvalue weighted by atomic mass is 19.4. The number of alkyl halides is 3. The van der Waals surface area contributed by atoms with E-state index in [4.69, 9.17) is 10.8 Å². The number of carbonyl (C=O) groups is 3. The molecular weight excluding hydrogens is 283 g/mol. The Bertz CT molecular complexity index is 373. The van der Waals surface area contributed by atoms with Crippen LogP contribution in [-0.2, 0) is 9.59 Å². The van der Waals surface area contributed by atoms with Gasteiger partial charge >= 0.3 is 18.2 Å². The van der Waals surface area contributed by atoms with Crippen molar-refractivity contribution in [3.05, 3.63) is 0 Å². The Labute approximate surface area is 112 Å². The summed E-state index contributed by atoms with van der Waals surface area (Å²) in [7, 11) is 0. The lowest BCUT2D eigenvalue weighted by atomic mass is 10.2. The van der Waals surface area contributed by atoms with Gasteiger partial charge < -0.3 is 21.1 Å². The van der Waals surface area contributed by atoms with E-state index >= 15 is 0 Å². The van der Waals surface area contributed by atoms with Crippen molar-refractivity contribution in [3.8, 4) is 0 Å². The Morgan fingerprint density at radius 1 is 1.35 bits per heavy atom. The number of carboxylic acids is 1. The highest BCUT2D eigenvalue weighted by Crippen LogP contribution is 2.16. The monoisotopic (exact) mass is 299 g/mol. The maximum Gasteiger partial charge on any atom is 0.406 e. The Balaban J connectivity index is 4.79. The number of hydrogen-bond acceptors (Lipinski definition) is 3. The van der Waals surface area contributed by atoms with Gasteiger partial charge in [-0.15, -0.1) is 0 Å². The van der Waals surface area contributed by atoms with Crippen LogP contribution in [0.5, 0.6) is 0 Å². The summed E-state index contributed by atoms with van der Waals surface area (Å²) in [4.78, 5) is 33.4. The molecule has 0 aromatic rings. The molecule has 0 bridgehead atoms. The standard InChI is InChI=1S/C10H16F3N3O4/c1-2-3-16(5-10(11,12)13)9(20)15-6(8(18)19)4-7(14)17/h6H,2-5H2,1H3,(H2,14,17)(H,15,20)(H,18,19). The van der Waals surface area contributed by atoms with E-state index in [1.165, 1.54) is 0 Å². The van der Waals surface area contributed by atoms with Crippen LogP contribution in [-0.4, -0.2) is 53.2 Å². The third-order valence-corrected chi connectivity index (χ3v) is 2.15. The molecular formula is C10H16F3N3O4. The Morgan fingerprint density at radius 3 is 2.25 bits per heavy atom. The van der Waals surface area contributed by atoms with Crippen molar-refractivity contribution in [1.82, 2.24) is 10.2 Å². The molecule has 0 fully saturated rings. The highest BCUT2D eigenvalue weighted by Gasteiger charge is 2.34. The molecule has 1 unspecified atom stereocenters. The van der Waals surface area contributed by atoms with Crippen molar-refractivity contribution < 1.29 is 32.7 Å². The van der Waals surface area contributed by atoms with Gasteiger partial charge in [0.15, 0.2) is 0 Å². The zero-order valence-corrected chi connectivity index (χ0v) is 10.7. The summed E-state index contributed by atoms with van der Waals surface area (Å²) in [6.45, 7) is -0.140. The maximum absolute atomic E-state index is 12.3. The van der Waals surface area contributed by atoms with Crippen molar-refractivity contribution in [1.29, 1.82) is 0 Å². The minimum atomic E-state index is -4.60. The fourth-order valence-corrected chi connectivity index (χ4v) is 1.38. The van der Waals surface area contributed by atoms with Crippen LogP contribution < -0.4 is 11.1 Å². The van der Waals surface area contributed by atoms with E-state index in [2.05, 4.69) is 0 Å². The normalized spacial score (nSPS) is 12.6. The van der Waals surface area contributed by atoms with E-state index < -0.39 is 43.1 Å². The van der Waals surface area contributed by atoms with Crippen LogP contribution in [0.2, 0.25) is 0 Å². The SMILES string of the molecule is CCCN(CC(F)(F)F)C(=O)NC(CC(N)=O)C(=O)O. The minimum Gasteiger partial charge on any atom is -0.480 e. The van der Waals surface area contributed by atoms with Crippen molar-refractivity contribution in [2.45, 2.75) is 32.0 Å². The summed E-state index contributed by atoms with van der Waals surface area (Å²) >= 11 is 0. The summed E-state index contributed by atoms with van der Waals surface area (Å²) in [5, 5.41) is 10.6. The van der Waals surface area contributed by atoms with Crippen molar-refractivity contribution in [2.24, 2.45) is 5.73 Å². The van der Waals surface area contributed by atoms with Crippen LogP contribution in [0.1, 0.15) is 19.8 Å². The molecule has 0 saturated heterocycles. The number of carboxylic acid groups (broad SMARTS) is 1. The van der Waals surface area contributed by atoms with Gasteiger partial charge in [-0.2, -0.15) is 13.2 Å². The van der Waals surface area contributed by atoms with Crippen LogP contribution in [0.3, 0.4) is 0 Å². The minimum absolute atomic E-state index is 0.200. The van der Waals surface area contributed by atoms with Crippen LogP contribution in [0.4, 0.5) is 18.0 Å². The third kappa shape index (κ3) is 7.44. The van der Waals surface area contributed by atoms with E-state index in [1.54, 1.807) is 6.92 Å². The number of nitrogens with one attached hydrogen (secondary N) is 1. The van der Waals surface area contributed by atoms with Gasteiger partial charge in [0.1, 0.15) is 12.6 Å². The molecule has 0 saturated carbocycles. The molecule has 0 spiro atoms. The molecule has 0 aliphatic carbocycles. The van der Waals surface area contributed by atoms with E-state index in [-0.39, 0.29) is 13.0 Å². The van der Waals surface area contributed by atoms with Gasteiger partial charge in [-0.1, -0.05) is 6.92 Å². The number of nitrogens with zero attached hydrogens (tertiary/aromatic N) is 1. The van der Waals surface area contributed by atoms with Crippen molar-refractivity contribution in [3.63, 3.8) is 0 Å². The zero-order valence-electron chi connectivity index (χ0n) is 10.7. The summed E-state index contributed by atoms with van der Waals surface area (Å²) in [6.07, 6.45) is -5.04. The number of rotatable bonds is 7. The lowest BCUT2D eigenvalue weighted by Crippen LogP contribution is -2.51. The van der Waals surface area contributed by atoms with Gasteiger partial charge in [0, 0.05) is 6.54 Å². The average Bonchev–Trinajstić information content (AvgIpc) is 2.24. The van der Waals surface area contributed by atoms with Gasteiger partial charge in [0.05, 0.1) is 6.42 Å². The lowest BCUT2D eigenvalue weighted by molar-refractivity contribution is -0.142. The number of halogens is 3. The molecule has 10 heteroatoms. The van der Waals surface area contributed by atoms with E-state index in [0.717, 1.165) is 0 Å². The van der Waals surface area contributed by atoms with Crippen LogP contribution in [0.15, 0.2) is 0 Å². The Kier molecular flexibility index (Phi) is 6.80. The van der Waals surface area contributed by atoms with Crippen LogP contribution in [0, 0.1) is 0 Å². The average molecular weight is 299 g/mol. The molecule has 0 rings (SSSR count). The molecule has 0 aromatic heterocycles. The molecule has 7 nitrogen and oxygen atoms in total. The molecule has 0 aromatic carbocycles.